The van der Waals surface area contributed by atoms with Crippen molar-refractivity contribution in [3.05, 3.63) is 24.0 Å². The molecule has 1 aromatic heterocycles. The van der Waals surface area contributed by atoms with E-state index in [4.69, 9.17) is 0 Å². The standard InChI is InChI=1S/C16H22FN3/c1-2-13(11-6-4-3-5-7-11)18-16-19-14-9-8-12(17)10-15(14)20-16/h8-11,13H,2-7H2,1H3,(H2,18,19,20). The van der Waals surface area contributed by atoms with Crippen LogP contribution in [0.25, 0.3) is 11.0 Å². The van der Waals surface area contributed by atoms with Crippen LogP contribution in [0.2, 0.25) is 0 Å². The van der Waals surface area contributed by atoms with E-state index in [1.54, 1.807) is 6.07 Å². The summed E-state index contributed by atoms with van der Waals surface area (Å²) in [6.45, 7) is 2.22. The van der Waals surface area contributed by atoms with Crippen LogP contribution in [0.15, 0.2) is 18.2 Å². The molecule has 1 fully saturated rings. The number of hydrogen-bond acceptors (Lipinski definition) is 2. The van der Waals surface area contributed by atoms with Gasteiger partial charge in [-0.15, -0.1) is 0 Å². The lowest BCUT2D eigenvalue weighted by Crippen LogP contribution is -2.30. The highest BCUT2D eigenvalue weighted by Gasteiger charge is 2.22. The molecule has 0 saturated heterocycles. The number of aromatic nitrogens is 2. The summed E-state index contributed by atoms with van der Waals surface area (Å²) < 4.78 is 13.2. The van der Waals surface area contributed by atoms with Gasteiger partial charge in [-0.05, 0) is 43.4 Å². The average Bonchev–Trinajstić information content (AvgIpc) is 2.87. The Hall–Kier alpha value is -1.58. The molecule has 1 atom stereocenters. The van der Waals surface area contributed by atoms with E-state index in [1.807, 2.05) is 0 Å². The van der Waals surface area contributed by atoms with Gasteiger partial charge in [-0.25, -0.2) is 9.37 Å². The first-order chi connectivity index (χ1) is 9.76. The molecule has 1 aromatic carbocycles. The smallest absolute Gasteiger partial charge is 0.201 e. The molecule has 108 valence electrons. The summed E-state index contributed by atoms with van der Waals surface area (Å²) in [4.78, 5) is 7.68. The Morgan fingerprint density at radius 1 is 1.35 bits per heavy atom. The number of nitrogens with one attached hydrogen (secondary N) is 2. The molecule has 0 amide bonds. The predicted molar refractivity (Wildman–Crippen MR) is 80.3 cm³/mol. The molecule has 20 heavy (non-hydrogen) atoms. The number of benzene rings is 1. The summed E-state index contributed by atoms with van der Waals surface area (Å²) in [7, 11) is 0. The molecule has 2 aromatic rings. The average molecular weight is 275 g/mol. The van der Waals surface area contributed by atoms with Crippen molar-refractivity contribution < 1.29 is 4.39 Å². The van der Waals surface area contributed by atoms with Gasteiger partial charge in [0.1, 0.15) is 5.82 Å². The maximum absolute atomic E-state index is 13.2. The number of anilines is 1. The monoisotopic (exact) mass is 275 g/mol. The lowest BCUT2D eigenvalue weighted by atomic mass is 9.83. The zero-order chi connectivity index (χ0) is 13.9. The molecule has 0 radical (unpaired) electrons. The van der Waals surface area contributed by atoms with Gasteiger partial charge in [0.25, 0.3) is 0 Å². The molecule has 1 saturated carbocycles. The predicted octanol–water partition coefficient (Wildman–Crippen LogP) is 4.47. The van der Waals surface area contributed by atoms with E-state index in [9.17, 15) is 4.39 Å². The highest BCUT2D eigenvalue weighted by molar-refractivity contribution is 5.77. The zero-order valence-electron chi connectivity index (χ0n) is 12.0. The molecule has 1 aliphatic rings. The Morgan fingerprint density at radius 2 is 2.15 bits per heavy atom. The summed E-state index contributed by atoms with van der Waals surface area (Å²) in [6, 6.07) is 5.12. The highest BCUT2D eigenvalue weighted by atomic mass is 19.1. The van der Waals surface area contributed by atoms with Crippen molar-refractivity contribution in [2.24, 2.45) is 5.92 Å². The minimum Gasteiger partial charge on any atom is -0.353 e. The van der Waals surface area contributed by atoms with E-state index in [1.165, 1.54) is 44.2 Å². The number of fused-ring (bicyclic) bond motifs is 1. The fourth-order valence-corrected chi connectivity index (χ4v) is 3.32. The quantitative estimate of drug-likeness (QED) is 0.864. The number of hydrogen-bond donors (Lipinski definition) is 2. The normalized spacial score (nSPS) is 18.3. The summed E-state index contributed by atoms with van der Waals surface area (Å²) in [5.74, 6) is 1.27. The third kappa shape index (κ3) is 2.79. The first-order valence-electron chi connectivity index (χ1n) is 7.68. The van der Waals surface area contributed by atoms with Crippen molar-refractivity contribution in [1.82, 2.24) is 9.97 Å². The number of nitrogens with zero attached hydrogens (tertiary/aromatic N) is 1. The first-order valence-corrected chi connectivity index (χ1v) is 7.68. The number of aromatic amines is 1. The van der Waals surface area contributed by atoms with Gasteiger partial charge in [0.05, 0.1) is 11.0 Å². The molecule has 0 bridgehead atoms. The molecular weight excluding hydrogens is 253 g/mol. The Balaban J connectivity index is 1.76. The van der Waals surface area contributed by atoms with Crippen molar-refractivity contribution in [3.63, 3.8) is 0 Å². The van der Waals surface area contributed by atoms with E-state index in [0.29, 0.717) is 6.04 Å². The van der Waals surface area contributed by atoms with Crippen LogP contribution in [0.4, 0.5) is 10.3 Å². The van der Waals surface area contributed by atoms with E-state index in [-0.39, 0.29) is 5.82 Å². The van der Waals surface area contributed by atoms with Crippen molar-refractivity contribution in [3.8, 4) is 0 Å². The fourth-order valence-electron chi connectivity index (χ4n) is 3.32. The van der Waals surface area contributed by atoms with Gasteiger partial charge < -0.3 is 10.3 Å². The van der Waals surface area contributed by atoms with Crippen LogP contribution in [-0.4, -0.2) is 16.0 Å². The maximum atomic E-state index is 13.2. The molecule has 2 N–H and O–H groups in total. The Morgan fingerprint density at radius 3 is 2.90 bits per heavy atom. The van der Waals surface area contributed by atoms with Gasteiger partial charge in [-0.3, -0.25) is 0 Å². The molecule has 0 spiro atoms. The lowest BCUT2D eigenvalue weighted by molar-refractivity contribution is 0.312. The maximum Gasteiger partial charge on any atom is 0.201 e. The van der Waals surface area contributed by atoms with Crippen LogP contribution >= 0.6 is 0 Å². The summed E-state index contributed by atoms with van der Waals surface area (Å²) in [5, 5.41) is 3.52. The van der Waals surface area contributed by atoms with Gasteiger partial charge in [-0.1, -0.05) is 26.2 Å². The number of H-pyrrole nitrogens is 1. The first kappa shape index (κ1) is 13.4. The minimum atomic E-state index is -0.230. The molecule has 1 unspecified atom stereocenters. The molecule has 0 aliphatic heterocycles. The number of imidazole rings is 1. The highest BCUT2D eigenvalue weighted by Crippen LogP contribution is 2.29. The zero-order valence-corrected chi connectivity index (χ0v) is 12.0. The second-order valence-corrected chi connectivity index (χ2v) is 5.80. The second kappa shape index (κ2) is 5.81. The van der Waals surface area contributed by atoms with E-state index in [2.05, 4.69) is 22.2 Å². The summed E-state index contributed by atoms with van der Waals surface area (Å²) in [5.41, 5.74) is 1.57. The van der Waals surface area contributed by atoms with Gasteiger partial charge in [0, 0.05) is 6.04 Å². The van der Waals surface area contributed by atoms with E-state index < -0.39 is 0 Å². The van der Waals surface area contributed by atoms with Crippen molar-refractivity contribution >= 4 is 17.0 Å². The van der Waals surface area contributed by atoms with Crippen molar-refractivity contribution in [1.29, 1.82) is 0 Å². The Bertz CT molecular complexity index is 572. The number of halogens is 1. The van der Waals surface area contributed by atoms with Crippen LogP contribution < -0.4 is 5.32 Å². The van der Waals surface area contributed by atoms with Crippen LogP contribution in [0, 0.1) is 11.7 Å². The van der Waals surface area contributed by atoms with Crippen LogP contribution in [0.5, 0.6) is 0 Å². The van der Waals surface area contributed by atoms with E-state index >= 15 is 0 Å². The third-order valence-electron chi connectivity index (χ3n) is 4.42. The van der Waals surface area contributed by atoms with E-state index in [0.717, 1.165) is 29.3 Å². The molecule has 4 heteroatoms. The molecular formula is C16H22FN3. The molecule has 1 aliphatic carbocycles. The SMILES string of the molecule is CCC(Nc1nc2ccc(F)cc2[nH]1)C1CCCCC1. The van der Waals surface area contributed by atoms with Crippen LogP contribution in [0.3, 0.4) is 0 Å². The minimum absolute atomic E-state index is 0.230. The van der Waals surface area contributed by atoms with Crippen molar-refractivity contribution in [2.75, 3.05) is 5.32 Å². The second-order valence-electron chi connectivity index (χ2n) is 5.80. The van der Waals surface area contributed by atoms with Crippen molar-refractivity contribution in [2.45, 2.75) is 51.5 Å². The van der Waals surface area contributed by atoms with Crippen LogP contribution in [0.1, 0.15) is 45.4 Å². The summed E-state index contributed by atoms with van der Waals surface area (Å²) in [6.07, 6.45) is 7.76. The third-order valence-corrected chi connectivity index (χ3v) is 4.42. The molecule has 3 rings (SSSR count). The number of rotatable bonds is 4. The van der Waals surface area contributed by atoms with Gasteiger partial charge in [0.2, 0.25) is 5.95 Å². The lowest BCUT2D eigenvalue weighted by Gasteiger charge is -2.30. The van der Waals surface area contributed by atoms with Gasteiger partial charge in [0.15, 0.2) is 0 Å². The molecule has 3 nitrogen and oxygen atoms in total. The molecule has 1 heterocycles. The largest absolute Gasteiger partial charge is 0.353 e. The Labute approximate surface area is 119 Å². The fraction of sp³-hybridized carbons (Fsp3) is 0.562. The van der Waals surface area contributed by atoms with Gasteiger partial charge >= 0.3 is 0 Å². The topological polar surface area (TPSA) is 40.7 Å². The van der Waals surface area contributed by atoms with Gasteiger partial charge in [-0.2, -0.15) is 0 Å². The van der Waals surface area contributed by atoms with Crippen LogP contribution in [-0.2, 0) is 0 Å². The Kier molecular flexibility index (Phi) is 3.90. The summed E-state index contributed by atoms with van der Waals surface area (Å²) >= 11 is 0.